The number of hydrogen-bond donors (Lipinski definition) is 1. The lowest BCUT2D eigenvalue weighted by molar-refractivity contribution is 0.157. The van der Waals surface area contributed by atoms with Crippen LogP contribution in [0.15, 0.2) is 27.8 Å². The molecule has 0 saturated carbocycles. The highest BCUT2D eigenvalue weighted by Crippen LogP contribution is 2.16. The monoisotopic (exact) mass is 265 g/mol. The molecule has 1 aliphatic rings. The molecule has 1 aliphatic heterocycles. The van der Waals surface area contributed by atoms with Crippen LogP contribution in [0.2, 0.25) is 0 Å². The van der Waals surface area contributed by atoms with Gasteiger partial charge in [0.1, 0.15) is 5.76 Å². The molecule has 0 bridgehead atoms. The van der Waals surface area contributed by atoms with Crippen LogP contribution in [-0.4, -0.2) is 51.3 Å². The number of nitrogens with one attached hydrogen (secondary N) is 1. The summed E-state index contributed by atoms with van der Waals surface area (Å²) in [5.74, 6) is 2.60. The van der Waals surface area contributed by atoms with Gasteiger partial charge in [-0.2, -0.15) is 0 Å². The Balaban J connectivity index is 1.74. The molecule has 0 aromatic carbocycles. The number of furan rings is 1. The summed E-state index contributed by atoms with van der Waals surface area (Å²) >= 11 is 0. The third kappa shape index (κ3) is 3.99. The average molecular weight is 265 g/mol. The van der Waals surface area contributed by atoms with E-state index in [0.717, 1.165) is 44.4 Å². The highest BCUT2D eigenvalue weighted by molar-refractivity contribution is 5.80. The van der Waals surface area contributed by atoms with Crippen LogP contribution in [0.5, 0.6) is 0 Å². The molecule has 1 atom stereocenters. The number of ether oxygens (including phenoxy) is 1. The van der Waals surface area contributed by atoms with E-state index in [1.165, 1.54) is 6.42 Å². The second-order valence-electron chi connectivity index (χ2n) is 4.86. The first-order valence-electron chi connectivity index (χ1n) is 6.80. The predicted molar refractivity (Wildman–Crippen MR) is 75.3 cm³/mol. The standard InChI is InChI=1S/C14H23N3O2/c1-15-14(16-7-5-13-4-3-9-19-13)17-8-6-12(10-17)11-18-2/h3-4,9,12H,5-8,10-11H2,1-2H3,(H,15,16). The molecule has 2 heterocycles. The summed E-state index contributed by atoms with van der Waals surface area (Å²) in [6, 6.07) is 3.91. The molecule has 0 amide bonds. The number of likely N-dealkylation sites (tertiary alicyclic amines) is 1. The number of aliphatic imine (C=N–C) groups is 1. The average Bonchev–Trinajstić information content (AvgIpc) is 3.06. The van der Waals surface area contributed by atoms with E-state index < -0.39 is 0 Å². The number of hydrogen-bond acceptors (Lipinski definition) is 3. The van der Waals surface area contributed by atoms with Crippen LogP contribution >= 0.6 is 0 Å². The van der Waals surface area contributed by atoms with Crippen molar-refractivity contribution in [2.45, 2.75) is 12.8 Å². The van der Waals surface area contributed by atoms with Crippen LogP contribution in [0, 0.1) is 5.92 Å². The highest BCUT2D eigenvalue weighted by atomic mass is 16.5. The maximum atomic E-state index is 5.31. The van der Waals surface area contributed by atoms with Crippen LogP contribution in [0.25, 0.3) is 0 Å². The second-order valence-corrected chi connectivity index (χ2v) is 4.86. The summed E-state index contributed by atoms with van der Waals surface area (Å²) in [6.45, 7) is 3.74. The lowest BCUT2D eigenvalue weighted by Gasteiger charge is -2.21. The van der Waals surface area contributed by atoms with E-state index in [-0.39, 0.29) is 0 Å². The van der Waals surface area contributed by atoms with E-state index >= 15 is 0 Å². The molecule has 0 spiro atoms. The van der Waals surface area contributed by atoms with Gasteiger partial charge in [0.2, 0.25) is 0 Å². The smallest absolute Gasteiger partial charge is 0.193 e. The van der Waals surface area contributed by atoms with E-state index in [1.54, 1.807) is 13.4 Å². The zero-order chi connectivity index (χ0) is 13.5. The number of guanidine groups is 1. The van der Waals surface area contributed by atoms with Gasteiger partial charge in [-0.1, -0.05) is 0 Å². The molecule has 1 aromatic heterocycles. The lowest BCUT2D eigenvalue weighted by atomic mass is 10.1. The van der Waals surface area contributed by atoms with Crippen molar-refractivity contribution >= 4 is 5.96 Å². The zero-order valence-electron chi connectivity index (χ0n) is 11.8. The van der Waals surface area contributed by atoms with Crippen molar-refractivity contribution in [3.8, 4) is 0 Å². The summed E-state index contributed by atoms with van der Waals surface area (Å²) in [5.41, 5.74) is 0. The molecule has 5 heteroatoms. The summed E-state index contributed by atoms with van der Waals surface area (Å²) < 4.78 is 10.5. The van der Waals surface area contributed by atoms with Crippen molar-refractivity contribution in [1.82, 2.24) is 10.2 Å². The van der Waals surface area contributed by atoms with Gasteiger partial charge in [0.15, 0.2) is 5.96 Å². The lowest BCUT2D eigenvalue weighted by Crippen LogP contribution is -2.41. The van der Waals surface area contributed by atoms with Crippen molar-refractivity contribution < 1.29 is 9.15 Å². The Morgan fingerprint density at radius 3 is 3.21 bits per heavy atom. The van der Waals surface area contributed by atoms with Gasteiger partial charge in [0.25, 0.3) is 0 Å². The minimum Gasteiger partial charge on any atom is -0.469 e. The van der Waals surface area contributed by atoms with Crippen molar-refractivity contribution in [2.24, 2.45) is 10.9 Å². The van der Waals surface area contributed by atoms with Gasteiger partial charge in [0.05, 0.1) is 12.9 Å². The first-order chi connectivity index (χ1) is 9.33. The fourth-order valence-corrected chi connectivity index (χ4v) is 2.48. The van der Waals surface area contributed by atoms with Crippen molar-refractivity contribution in [3.05, 3.63) is 24.2 Å². The minimum atomic E-state index is 0.619. The van der Waals surface area contributed by atoms with Gasteiger partial charge >= 0.3 is 0 Å². The predicted octanol–water partition coefficient (Wildman–Crippen LogP) is 1.37. The first kappa shape index (κ1) is 13.9. The summed E-state index contributed by atoms with van der Waals surface area (Å²) in [6.07, 6.45) is 3.76. The molecule has 0 aliphatic carbocycles. The molecule has 1 N–H and O–H groups in total. The topological polar surface area (TPSA) is 50.0 Å². The molecule has 19 heavy (non-hydrogen) atoms. The number of nitrogens with zero attached hydrogens (tertiary/aromatic N) is 2. The van der Waals surface area contributed by atoms with E-state index in [4.69, 9.17) is 9.15 Å². The number of methoxy groups -OCH3 is 1. The molecular weight excluding hydrogens is 242 g/mol. The van der Waals surface area contributed by atoms with Crippen molar-refractivity contribution in [1.29, 1.82) is 0 Å². The van der Waals surface area contributed by atoms with Crippen LogP contribution < -0.4 is 5.32 Å². The van der Waals surface area contributed by atoms with E-state index in [1.807, 2.05) is 19.2 Å². The molecule has 1 saturated heterocycles. The summed E-state index contributed by atoms with van der Waals surface area (Å²) in [5, 5.41) is 3.39. The van der Waals surface area contributed by atoms with Crippen molar-refractivity contribution in [2.75, 3.05) is 40.4 Å². The Hall–Kier alpha value is -1.49. The molecule has 5 nitrogen and oxygen atoms in total. The van der Waals surface area contributed by atoms with Gasteiger partial charge in [-0.3, -0.25) is 4.99 Å². The molecular formula is C14H23N3O2. The van der Waals surface area contributed by atoms with Crippen LogP contribution in [0.4, 0.5) is 0 Å². The largest absolute Gasteiger partial charge is 0.469 e. The zero-order valence-corrected chi connectivity index (χ0v) is 11.8. The number of rotatable bonds is 5. The second kappa shape index (κ2) is 7.19. The van der Waals surface area contributed by atoms with Gasteiger partial charge in [-0.15, -0.1) is 0 Å². The highest BCUT2D eigenvalue weighted by Gasteiger charge is 2.24. The van der Waals surface area contributed by atoms with E-state index in [2.05, 4.69) is 15.2 Å². The quantitative estimate of drug-likeness (QED) is 0.645. The molecule has 106 valence electrons. The summed E-state index contributed by atoms with van der Waals surface area (Å²) in [4.78, 5) is 6.64. The fraction of sp³-hybridized carbons (Fsp3) is 0.643. The Kier molecular flexibility index (Phi) is 5.27. The molecule has 1 unspecified atom stereocenters. The molecule has 0 radical (unpaired) electrons. The van der Waals surface area contributed by atoms with Gasteiger partial charge in [-0.25, -0.2) is 0 Å². The Labute approximate surface area is 114 Å². The van der Waals surface area contributed by atoms with Gasteiger partial charge in [-0.05, 0) is 18.6 Å². The molecule has 1 fully saturated rings. The van der Waals surface area contributed by atoms with Crippen LogP contribution in [0.3, 0.4) is 0 Å². The van der Waals surface area contributed by atoms with Gasteiger partial charge in [0, 0.05) is 46.1 Å². The summed E-state index contributed by atoms with van der Waals surface area (Å²) in [7, 11) is 3.60. The third-order valence-corrected chi connectivity index (χ3v) is 3.43. The van der Waals surface area contributed by atoms with E-state index in [9.17, 15) is 0 Å². The Morgan fingerprint density at radius 1 is 1.63 bits per heavy atom. The third-order valence-electron chi connectivity index (χ3n) is 3.43. The molecule has 1 aromatic rings. The maximum Gasteiger partial charge on any atom is 0.193 e. The fourth-order valence-electron chi connectivity index (χ4n) is 2.48. The first-order valence-corrected chi connectivity index (χ1v) is 6.80. The minimum absolute atomic E-state index is 0.619. The Bertz CT molecular complexity index is 389. The van der Waals surface area contributed by atoms with Crippen LogP contribution in [-0.2, 0) is 11.2 Å². The van der Waals surface area contributed by atoms with Crippen LogP contribution in [0.1, 0.15) is 12.2 Å². The normalized spacial score (nSPS) is 20.0. The maximum absolute atomic E-state index is 5.31. The SMILES string of the molecule is CN=C(NCCc1ccco1)N1CCC(COC)C1. The van der Waals surface area contributed by atoms with Crippen molar-refractivity contribution in [3.63, 3.8) is 0 Å². The molecule has 2 rings (SSSR count). The van der Waals surface area contributed by atoms with Gasteiger partial charge < -0.3 is 19.4 Å². The Morgan fingerprint density at radius 2 is 2.53 bits per heavy atom. The van der Waals surface area contributed by atoms with E-state index in [0.29, 0.717) is 5.92 Å².